The molecule has 1 aromatic carbocycles. The van der Waals surface area contributed by atoms with E-state index in [1.807, 2.05) is 29.6 Å². The number of nitrogens with zero attached hydrogens (tertiary/aromatic N) is 1. The zero-order valence-electron chi connectivity index (χ0n) is 8.94. The summed E-state index contributed by atoms with van der Waals surface area (Å²) >= 11 is 9.34. The van der Waals surface area contributed by atoms with Crippen molar-refractivity contribution in [3.8, 4) is 0 Å². The molecule has 0 N–H and O–H groups in total. The minimum absolute atomic E-state index is 0.00784. The summed E-state index contributed by atoms with van der Waals surface area (Å²) in [7, 11) is 0. The first-order chi connectivity index (χ1) is 8.16. The molecule has 17 heavy (non-hydrogen) atoms. The van der Waals surface area contributed by atoms with Crippen LogP contribution in [-0.2, 0) is 4.79 Å². The number of thiophene rings is 1. The minimum atomic E-state index is 0.00784. The van der Waals surface area contributed by atoms with Crippen LogP contribution < -0.4 is 4.90 Å². The van der Waals surface area contributed by atoms with Crippen LogP contribution in [-0.4, -0.2) is 5.91 Å². The van der Waals surface area contributed by atoms with E-state index in [2.05, 4.69) is 0 Å². The molecule has 0 bridgehead atoms. The molecule has 3 rings (SSSR count). The van der Waals surface area contributed by atoms with Crippen LogP contribution >= 0.6 is 34.7 Å². The number of carbonyl (C=O) groups excluding carboxylic acids is 1. The zero-order valence-corrected chi connectivity index (χ0v) is 11.3. The maximum atomic E-state index is 11.8. The summed E-state index contributed by atoms with van der Waals surface area (Å²) in [5.74, 6) is 0.00784. The van der Waals surface area contributed by atoms with Crippen molar-refractivity contribution in [2.24, 2.45) is 0 Å². The van der Waals surface area contributed by atoms with Crippen molar-refractivity contribution >= 4 is 52.0 Å². The lowest BCUT2D eigenvalue weighted by Gasteiger charge is -2.28. The van der Waals surface area contributed by atoms with E-state index in [0.29, 0.717) is 5.02 Å². The number of hydrogen-bond acceptors (Lipinski definition) is 3. The Balaban J connectivity index is 2.23. The van der Waals surface area contributed by atoms with Crippen molar-refractivity contribution in [2.45, 2.75) is 16.0 Å². The van der Waals surface area contributed by atoms with Gasteiger partial charge in [-0.05, 0) is 29.6 Å². The van der Waals surface area contributed by atoms with E-state index >= 15 is 0 Å². The summed E-state index contributed by atoms with van der Waals surface area (Å²) in [6.45, 7) is 1.57. The predicted molar refractivity (Wildman–Crippen MR) is 72.7 cm³/mol. The number of fused-ring (bicyclic) bond motifs is 2. The smallest absolute Gasteiger partial charge is 0.228 e. The number of halogens is 1. The lowest BCUT2D eigenvalue weighted by atomic mass is 10.2. The quantitative estimate of drug-likeness (QED) is 0.706. The number of hydrogen-bond donors (Lipinski definition) is 0. The average Bonchev–Trinajstić information content (AvgIpc) is 2.72. The maximum absolute atomic E-state index is 11.8. The van der Waals surface area contributed by atoms with E-state index in [0.717, 1.165) is 20.5 Å². The average molecular weight is 282 g/mol. The van der Waals surface area contributed by atoms with Gasteiger partial charge in [0.15, 0.2) is 0 Å². The number of benzene rings is 1. The molecule has 0 aliphatic carbocycles. The Kier molecular flexibility index (Phi) is 2.65. The van der Waals surface area contributed by atoms with Crippen molar-refractivity contribution in [2.75, 3.05) is 4.90 Å². The van der Waals surface area contributed by atoms with E-state index in [4.69, 9.17) is 11.6 Å². The van der Waals surface area contributed by atoms with Gasteiger partial charge in [0, 0.05) is 16.8 Å². The lowest BCUT2D eigenvalue weighted by molar-refractivity contribution is -0.115. The van der Waals surface area contributed by atoms with Gasteiger partial charge in [-0.15, -0.1) is 11.3 Å². The van der Waals surface area contributed by atoms with Crippen LogP contribution in [0.25, 0.3) is 0 Å². The second kappa shape index (κ2) is 4.05. The summed E-state index contributed by atoms with van der Waals surface area (Å²) in [5.41, 5.74) is 1.84. The molecule has 1 aromatic heterocycles. The number of rotatable bonds is 0. The first-order valence-corrected chi connectivity index (χ1v) is 7.10. The minimum Gasteiger partial charge on any atom is -0.278 e. The van der Waals surface area contributed by atoms with Gasteiger partial charge in [0.2, 0.25) is 5.91 Å². The fourth-order valence-electron chi connectivity index (χ4n) is 1.85. The van der Waals surface area contributed by atoms with Gasteiger partial charge in [-0.1, -0.05) is 23.4 Å². The first-order valence-electron chi connectivity index (χ1n) is 5.02. The topological polar surface area (TPSA) is 20.3 Å². The second-order valence-corrected chi connectivity index (χ2v) is 6.33. The van der Waals surface area contributed by atoms with Crippen molar-refractivity contribution < 1.29 is 4.79 Å². The van der Waals surface area contributed by atoms with Crippen molar-refractivity contribution in [3.05, 3.63) is 34.7 Å². The molecule has 1 aliphatic rings. The van der Waals surface area contributed by atoms with Crippen molar-refractivity contribution in [1.29, 1.82) is 0 Å². The lowest BCUT2D eigenvalue weighted by Crippen LogP contribution is -2.24. The molecule has 86 valence electrons. The van der Waals surface area contributed by atoms with Crippen molar-refractivity contribution in [3.63, 3.8) is 0 Å². The normalized spacial score (nSPS) is 13.2. The Morgan fingerprint density at radius 1 is 1.29 bits per heavy atom. The molecular formula is C12H8ClNOS2. The second-order valence-electron chi connectivity index (χ2n) is 3.66. The van der Waals surface area contributed by atoms with Crippen molar-refractivity contribution in [1.82, 2.24) is 0 Å². The molecule has 0 fully saturated rings. The maximum Gasteiger partial charge on any atom is 0.228 e. The van der Waals surface area contributed by atoms with E-state index in [-0.39, 0.29) is 5.91 Å². The molecule has 1 amide bonds. The van der Waals surface area contributed by atoms with Gasteiger partial charge in [0.1, 0.15) is 0 Å². The molecule has 0 saturated heterocycles. The number of carbonyl (C=O) groups is 1. The Morgan fingerprint density at radius 3 is 2.88 bits per heavy atom. The van der Waals surface area contributed by atoms with E-state index < -0.39 is 0 Å². The van der Waals surface area contributed by atoms with E-state index in [9.17, 15) is 4.79 Å². The standard InChI is InChI=1S/C12H8ClNOS2/c1-7(15)14-9-4-5-16-12(9)17-11-3-2-8(13)6-10(11)14/h2-6H,1H3. The van der Waals surface area contributed by atoms with Gasteiger partial charge in [-0.25, -0.2) is 0 Å². The van der Waals surface area contributed by atoms with Gasteiger partial charge in [0.05, 0.1) is 15.6 Å². The Morgan fingerprint density at radius 2 is 2.12 bits per heavy atom. The molecule has 2 heterocycles. The Hall–Kier alpha value is -0.970. The summed E-state index contributed by atoms with van der Waals surface area (Å²) in [6.07, 6.45) is 0. The highest BCUT2D eigenvalue weighted by molar-refractivity contribution is 8.01. The Labute approximate surface area is 112 Å². The molecule has 2 nitrogen and oxygen atoms in total. The SMILES string of the molecule is CC(=O)N1c2cc(Cl)ccc2Sc2sccc21. The van der Waals surface area contributed by atoms with Crippen LogP contribution in [0.3, 0.4) is 0 Å². The molecular weight excluding hydrogens is 274 g/mol. The van der Waals surface area contributed by atoms with Crippen LogP contribution in [0.5, 0.6) is 0 Å². The number of amides is 1. The third-order valence-corrected chi connectivity index (χ3v) is 4.96. The van der Waals surface area contributed by atoms with Gasteiger partial charge >= 0.3 is 0 Å². The summed E-state index contributed by atoms with van der Waals surface area (Å²) < 4.78 is 1.15. The monoisotopic (exact) mass is 281 g/mol. The van der Waals surface area contributed by atoms with Gasteiger partial charge in [-0.2, -0.15) is 0 Å². The third kappa shape index (κ3) is 1.76. The molecule has 0 unspecified atom stereocenters. The highest BCUT2D eigenvalue weighted by Gasteiger charge is 2.27. The highest BCUT2D eigenvalue weighted by atomic mass is 35.5. The van der Waals surface area contributed by atoms with E-state index in [1.54, 1.807) is 34.9 Å². The molecule has 0 saturated carbocycles. The fourth-order valence-corrected chi connectivity index (χ4v) is 4.10. The Bertz CT molecular complexity index is 608. The van der Waals surface area contributed by atoms with E-state index in [1.165, 1.54) is 0 Å². The zero-order chi connectivity index (χ0) is 12.0. The van der Waals surface area contributed by atoms with Gasteiger partial charge in [0.25, 0.3) is 0 Å². The third-order valence-electron chi connectivity index (χ3n) is 2.53. The molecule has 0 radical (unpaired) electrons. The van der Waals surface area contributed by atoms with Crippen LogP contribution in [0.2, 0.25) is 5.02 Å². The van der Waals surface area contributed by atoms with Gasteiger partial charge in [-0.3, -0.25) is 9.69 Å². The first kappa shape index (κ1) is 11.1. The molecule has 0 spiro atoms. The van der Waals surface area contributed by atoms with Crippen LogP contribution in [0.1, 0.15) is 6.92 Å². The fraction of sp³-hybridized carbons (Fsp3) is 0.0833. The van der Waals surface area contributed by atoms with Crippen LogP contribution in [0.4, 0.5) is 11.4 Å². The summed E-state index contributed by atoms with van der Waals surface area (Å²) in [5, 5.41) is 2.65. The summed E-state index contributed by atoms with van der Waals surface area (Å²) in [4.78, 5) is 14.6. The predicted octanol–water partition coefficient (Wildman–Crippen LogP) is 4.55. The molecule has 2 aromatic rings. The molecule has 0 atom stereocenters. The molecule has 1 aliphatic heterocycles. The highest BCUT2D eigenvalue weighted by Crippen LogP contribution is 2.51. The van der Waals surface area contributed by atoms with Crippen LogP contribution in [0.15, 0.2) is 38.8 Å². The van der Waals surface area contributed by atoms with Crippen LogP contribution in [0, 0.1) is 0 Å². The molecule has 5 heteroatoms. The number of anilines is 2. The largest absolute Gasteiger partial charge is 0.278 e. The van der Waals surface area contributed by atoms with Gasteiger partial charge < -0.3 is 0 Å². The summed E-state index contributed by atoms with van der Waals surface area (Å²) in [6, 6.07) is 7.62.